The summed E-state index contributed by atoms with van der Waals surface area (Å²) in [6.07, 6.45) is 3.35. The summed E-state index contributed by atoms with van der Waals surface area (Å²) in [5.41, 5.74) is 3.11. The van der Waals surface area contributed by atoms with Gasteiger partial charge in [-0.2, -0.15) is 5.10 Å². The zero-order valence-electron chi connectivity index (χ0n) is 17.0. The Morgan fingerprint density at radius 2 is 1.45 bits per heavy atom. The van der Waals surface area contributed by atoms with Crippen molar-refractivity contribution in [2.75, 3.05) is 0 Å². The fraction of sp³-hybridized carbons (Fsp3) is 0.120. The molecule has 0 N–H and O–H groups in total. The van der Waals surface area contributed by atoms with Crippen molar-refractivity contribution in [3.8, 4) is 11.3 Å². The van der Waals surface area contributed by atoms with E-state index >= 15 is 0 Å². The van der Waals surface area contributed by atoms with Crippen molar-refractivity contribution < 1.29 is 4.79 Å². The third-order valence-electron chi connectivity index (χ3n) is 4.89. The van der Waals surface area contributed by atoms with Crippen LogP contribution in [0.5, 0.6) is 0 Å². The van der Waals surface area contributed by atoms with Crippen molar-refractivity contribution in [2.24, 2.45) is 0 Å². The molecule has 6 heteroatoms. The number of hydrogen-bond donors (Lipinski definition) is 0. The van der Waals surface area contributed by atoms with Gasteiger partial charge in [0.05, 0.1) is 5.69 Å². The molecule has 2 heterocycles. The van der Waals surface area contributed by atoms with Crippen LogP contribution in [0.25, 0.3) is 11.3 Å². The molecule has 0 aliphatic heterocycles. The van der Waals surface area contributed by atoms with Crippen LogP contribution in [0.15, 0.2) is 102 Å². The Balaban J connectivity index is 1.59. The molecule has 0 saturated carbocycles. The summed E-state index contributed by atoms with van der Waals surface area (Å²) in [7, 11) is 0. The summed E-state index contributed by atoms with van der Waals surface area (Å²) in [4.78, 5) is 31.5. The molecule has 0 bridgehead atoms. The Morgan fingerprint density at radius 3 is 2.03 bits per heavy atom. The molecule has 6 nitrogen and oxygen atoms in total. The zero-order chi connectivity index (χ0) is 21.5. The average Bonchev–Trinajstić information content (AvgIpc) is 2.82. The van der Waals surface area contributed by atoms with Crippen LogP contribution >= 0.6 is 0 Å². The minimum atomic E-state index is -0.319. The average molecular weight is 410 g/mol. The highest BCUT2D eigenvalue weighted by atomic mass is 16.2. The standard InChI is InChI=1S/C25H22N4O2/c30-24-14-13-23(22-12-7-15-26-16-22)27-29(24)19-25(31)28(17-20-8-3-1-4-9-20)18-21-10-5-2-6-11-21/h1-16H,17-19H2. The molecule has 0 spiro atoms. The van der Waals surface area contributed by atoms with Crippen LogP contribution in [0.2, 0.25) is 0 Å². The van der Waals surface area contributed by atoms with E-state index in [0.29, 0.717) is 18.8 Å². The van der Waals surface area contributed by atoms with E-state index in [1.807, 2.05) is 66.7 Å². The van der Waals surface area contributed by atoms with Gasteiger partial charge in [0.25, 0.3) is 5.56 Å². The topological polar surface area (TPSA) is 68.1 Å². The van der Waals surface area contributed by atoms with Gasteiger partial charge in [-0.3, -0.25) is 14.6 Å². The Bertz CT molecular complexity index is 1150. The van der Waals surface area contributed by atoms with Crippen molar-refractivity contribution in [1.29, 1.82) is 0 Å². The first-order valence-corrected chi connectivity index (χ1v) is 10.0. The minimum Gasteiger partial charge on any atom is -0.332 e. The monoisotopic (exact) mass is 410 g/mol. The van der Waals surface area contributed by atoms with E-state index in [9.17, 15) is 9.59 Å². The molecule has 2 aromatic heterocycles. The smallest absolute Gasteiger partial charge is 0.267 e. The molecule has 0 atom stereocenters. The molecule has 1 amide bonds. The maximum absolute atomic E-state index is 13.2. The van der Waals surface area contributed by atoms with Crippen molar-refractivity contribution >= 4 is 5.91 Å². The third kappa shape index (κ3) is 5.30. The van der Waals surface area contributed by atoms with Crippen LogP contribution < -0.4 is 5.56 Å². The second-order valence-corrected chi connectivity index (χ2v) is 7.18. The summed E-state index contributed by atoms with van der Waals surface area (Å²) in [5.74, 6) is -0.175. The Kier molecular flexibility index (Phi) is 6.28. The molecular weight excluding hydrogens is 388 g/mol. The van der Waals surface area contributed by atoms with Crippen molar-refractivity contribution in [1.82, 2.24) is 19.7 Å². The molecule has 0 unspecified atom stereocenters. The number of amides is 1. The van der Waals surface area contributed by atoms with Crippen LogP contribution in [0.3, 0.4) is 0 Å². The highest BCUT2D eigenvalue weighted by Crippen LogP contribution is 2.14. The molecule has 2 aromatic carbocycles. The number of rotatable bonds is 7. The predicted octanol–water partition coefficient (Wildman–Crippen LogP) is 3.53. The van der Waals surface area contributed by atoms with Gasteiger partial charge in [-0.25, -0.2) is 4.68 Å². The minimum absolute atomic E-state index is 0.132. The van der Waals surface area contributed by atoms with Crippen molar-refractivity contribution in [3.63, 3.8) is 0 Å². The van der Waals surface area contributed by atoms with Crippen LogP contribution in [0.4, 0.5) is 0 Å². The molecule has 0 saturated heterocycles. The molecule has 0 radical (unpaired) electrons. The van der Waals surface area contributed by atoms with Gasteiger partial charge in [-0.1, -0.05) is 60.7 Å². The van der Waals surface area contributed by atoms with Crippen molar-refractivity contribution in [2.45, 2.75) is 19.6 Å². The SMILES string of the molecule is O=C(Cn1nc(-c2cccnc2)ccc1=O)N(Cc1ccccc1)Cc1ccccc1. The number of benzene rings is 2. The van der Waals surface area contributed by atoms with Crippen LogP contribution in [0.1, 0.15) is 11.1 Å². The van der Waals surface area contributed by atoms with E-state index in [4.69, 9.17) is 0 Å². The van der Waals surface area contributed by atoms with Gasteiger partial charge in [-0.15, -0.1) is 0 Å². The maximum atomic E-state index is 13.2. The van der Waals surface area contributed by atoms with Crippen LogP contribution in [0, 0.1) is 0 Å². The van der Waals surface area contributed by atoms with Gasteiger partial charge in [0.15, 0.2) is 0 Å². The van der Waals surface area contributed by atoms with E-state index in [1.165, 1.54) is 10.7 Å². The Morgan fingerprint density at radius 1 is 0.806 bits per heavy atom. The number of pyridine rings is 1. The Labute approximate surface area is 180 Å². The number of aromatic nitrogens is 3. The van der Waals surface area contributed by atoms with Gasteiger partial charge in [-0.05, 0) is 29.3 Å². The number of carbonyl (C=O) groups excluding carboxylic acids is 1. The Hall–Kier alpha value is -4.06. The quantitative estimate of drug-likeness (QED) is 0.467. The fourth-order valence-corrected chi connectivity index (χ4v) is 3.30. The molecule has 31 heavy (non-hydrogen) atoms. The fourth-order valence-electron chi connectivity index (χ4n) is 3.30. The van der Waals surface area contributed by atoms with Crippen molar-refractivity contribution in [3.05, 3.63) is 119 Å². The van der Waals surface area contributed by atoms with Crippen LogP contribution in [-0.2, 0) is 24.4 Å². The summed E-state index contributed by atoms with van der Waals surface area (Å²) in [6, 6.07) is 26.4. The summed E-state index contributed by atoms with van der Waals surface area (Å²) in [5, 5.41) is 4.40. The lowest BCUT2D eigenvalue weighted by Gasteiger charge is -2.23. The highest BCUT2D eigenvalue weighted by Gasteiger charge is 2.17. The first-order valence-electron chi connectivity index (χ1n) is 10.0. The molecule has 4 rings (SSSR count). The number of carbonyl (C=O) groups is 1. The van der Waals surface area contributed by atoms with E-state index in [1.54, 1.807) is 29.4 Å². The van der Waals surface area contributed by atoms with Crippen LogP contribution in [-0.4, -0.2) is 25.6 Å². The lowest BCUT2D eigenvalue weighted by Crippen LogP contribution is -2.36. The largest absolute Gasteiger partial charge is 0.332 e. The van der Waals surface area contributed by atoms with E-state index in [-0.39, 0.29) is 18.0 Å². The number of nitrogens with zero attached hydrogens (tertiary/aromatic N) is 4. The molecule has 0 fully saturated rings. The van der Waals surface area contributed by atoms with E-state index < -0.39 is 0 Å². The first kappa shape index (κ1) is 20.2. The lowest BCUT2D eigenvalue weighted by molar-refractivity contribution is -0.133. The predicted molar refractivity (Wildman–Crippen MR) is 119 cm³/mol. The molecule has 0 aliphatic rings. The van der Waals surface area contributed by atoms with Gasteiger partial charge < -0.3 is 4.90 Å². The highest BCUT2D eigenvalue weighted by molar-refractivity contribution is 5.76. The van der Waals surface area contributed by atoms with Gasteiger partial charge in [0, 0.05) is 37.1 Å². The zero-order valence-corrected chi connectivity index (χ0v) is 17.0. The number of hydrogen-bond acceptors (Lipinski definition) is 4. The third-order valence-corrected chi connectivity index (χ3v) is 4.89. The molecule has 154 valence electrons. The molecule has 0 aliphatic carbocycles. The van der Waals surface area contributed by atoms with Gasteiger partial charge >= 0.3 is 0 Å². The second kappa shape index (κ2) is 9.63. The summed E-state index contributed by atoms with van der Waals surface area (Å²) >= 11 is 0. The summed E-state index contributed by atoms with van der Waals surface area (Å²) < 4.78 is 1.22. The summed E-state index contributed by atoms with van der Waals surface area (Å²) in [6.45, 7) is 0.768. The maximum Gasteiger partial charge on any atom is 0.267 e. The van der Waals surface area contributed by atoms with E-state index in [2.05, 4.69) is 10.1 Å². The molecule has 4 aromatic rings. The van der Waals surface area contributed by atoms with Gasteiger partial charge in [0.1, 0.15) is 6.54 Å². The molecular formula is C25H22N4O2. The second-order valence-electron chi connectivity index (χ2n) is 7.18. The van der Waals surface area contributed by atoms with Gasteiger partial charge in [0.2, 0.25) is 5.91 Å². The lowest BCUT2D eigenvalue weighted by atomic mass is 10.1. The van der Waals surface area contributed by atoms with E-state index in [0.717, 1.165) is 16.7 Å². The first-order chi connectivity index (χ1) is 15.2. The normalized spacial score (nSPS) is 10.6.